The predicted octanol–water partition coefficient (Wildman–Crippen LogP) is 2.67. The zero-order valence-corrected chi connectivity index (χ0v) is 12.4. The predicted molar refractivity (Wildman–Crippen MR) is 81.3 cm³/mol. The largest absolute Gasteiger partial charge is 0.491 e. The molecule has 0 saturated carbocycles. The van der Waals surface area contributed by atoms with Crippen LogP contribution in [0.5, 0.6) is 5.75 Å². The molecular formula is C16H15F3N2O3. The third-order valence-electron chi connectivity index (χ3n) is 2.87. The minimum Gasteiger partial charge on any atom is -0.491 e. The van der Waals surface area contributed by atoms with Crippen LogP contribution in [0, 0.1) is 17.5 Å². The van der Waals surface area contributed by atoms with Crippen molar-refractivity contribution in [2.45, 2.75) is 6.10 Å². The first-order valence-corrected chi connectivity index (χ1v) is 7.00. The van der Waals surface area contributed by atoms with Gasteiger partial charge in [0, 0.05) is 18.3 Å². The van der Waals surface area contributed by atoms with Crippen molar-refractivity contribution < 1.29 is 27.8 Å². The molecule has 128 valence electrons. The molecule has 8 heteroatoms. The number of benzene rings is 2. The van der Waals surface area contributed by atoms with Gasteiger partial charge in [0.05, 0.1) is 0 Å². The van der Waals surface area contributed by atoms with Gasteiger partial charge in [-0.05, 0) is 36.4 Å². The van der Waals surface area contributed by atoms with Gasteiger partial charge in [-0.2, -0.15) is 0 Å². The van der Waals surface area contributed by atoms with Crippen molar-refractivity contribution >= 4 is 11.7 Å². The molecular weight excluding hydrogens is 325 g/mol. The first-order chi connectivity index (χ1) is 11.4. The molecule has 0 saturated heterocycles. The van der Waals surface area contributed by atoms with Gasteiger partial charge in [-0.15, -0.1) is 0 Å². The molecule has 0 bridgehead atoms. The van der Waals surface area contributed by atoms with E-state index in [9.17, 15) is 23.1 Å². The summed E-state index contributed by atoms with van der Waals surface area (Å²) in [6.45, 7) is -0.272. The van der Waals surface area contributed by atoms with E-state index >= 15 is 0 Å². The molecule has 0 fully saturated rings. The number of anilines is 1. The number of carbonyl (C=O) groups excluding carboxylic acids is 1. The van der Waals surface area contributed by atoms with Crippen molar-refractivity contribution in [3.05, 3.63) is 59.9 Å². The number of amides is 2. The van der Waals surface area contributed by atoms with E-state index in [1.54, 1.807) is 0 Å². The second kappa shape index (κ2) is 8.21. The molecule has 1 unspecified atom stereocenters. The van der Waals surface area contributed by atoms with Crippen LogP contribution in [-0.4, -0.2) is 30.4 Å². The van der Waals surface area contributed by atoms with E-state index in [4.69, 9.17) is 4.74 Å². The average molecular weight is 340 g/mol. The number of ether oxygens (including phenoxy) is 1. The van der Waals surface area contributed by atoms with Crippen LogP contribution in [0.25, 0.3) is 0 Å². The number of hydrogen-bond donors (Lipinski definition) is 3. The van der Waals surface area contributed by atoms with Gasteiger partial charge >= 0.3 is 6.03 Å². The van der Waals surface area contributed by atoms with Gasteiger partial charge in [0.15, 0.2) is 0 Å². The first-order valence-electron chi connectivity index (χ1n) is 7.00. The van der Waals surface area contributed by atoms with Crippen LogP contribution in [0.4, 0.5) is 23.7 Å². The van der Waals surface area contributed by atoms with Crippen LogP contribution in [-0.2, 0) is 0 Å². The lowest BCUT2D eigenvalue weighted by molar-refractivity contribution is 0.108. The maximum absolute atomic E-state index is 13.0. The Balaban J connectivity index is 1.73. The highest BCUT2D eigenvalue weighted by atomic mass is 19.1. The van der Waals surface area contributed by atoms with Gasteiger partial charge in [-0.1, -0.05) is 0 Å². The van der Waals surface area contributed by atoms with Crippen molar-refractivity contribution in [2.75, 3.05) is 18.5 Å². The summed E-state index contributed by atoms with van der Waals surface area (Å²) < 4.78 is 43.9. The summed E-state index contributed by atoms with van der Waals surface area (Å²) in [5, 5.41) is 14.3. The first kappa shape index (κ1) is 17.6. The van der Waals surface area contributed by atoms with Crippen LogP contribution in [0.1, 0.15) is 0 Å². The Hall–Kier alpha value is -2.74. The fourth-order valence-electron chi connectivity index (χ4n) is 1.79. The summed E-state index contributed by atoms with van der Waals surface area (Å²) >= 11 is 0. The average Bonchev–Trinajstić information content (AvgIpc) is 2.51. The molecule has 0 aromatic heterocycles. The van der Waals surface area contributed by atoms with E-state index < -0.39 is 29.6 Å². The topological polar surface area (TPSA) is 70.6 Å². The smallest absolute Gasteiger partial charge is 0.319 e. The Morgan fingerprint density at radius 2 is 1.67 bits per heavy atom. The van der Waals surface area contributed by atoms with Gasteiger partial charge < -0.3 is 20.5 Å². The number of aliphatic hydroxyl groups excluding tert-OH is 1. The Kier molecular flexibility index (Phi) is 6.02. The maximum Gasteiger partial charge on any atom is 0.319 e. The highest BCUT2D eigenvalue weighted by molar-refractivity contribution is 5.89. The standard InChI is InChI=1S/C16H15F3N2O3/c17-10-1-3-15(4-2-10)24-9-14(22)8-20-16(23)21-13-6-11(18)5-12(19)7-13/h1-7,14,22H,8-9H2,(H2,20,21,23). The van der Waals surface area contributed by atoms with Gasteiger partial charge in [0.25, 0.3) is 0 Å². The fourth-order valence-corrected chi connectivity index (χ4v) is 1.79. The minimum atomic E-state index is -1.02. The maximum atomic E-state index is 13.0. The van der Waals surface area contributed by atoms with Crippen LogP contribution in [0.3, 0.4) is 0 Å². The van der Waals surface area contributed by atoms with Gasteiger partial charge in [-0.25, -0.2) is 18.0 Å². The summed E-state index contributed by atoms with van der Waals surface area (Å²) in [6, 6.07) is 7.09. The molecule has 2 aromatic carbocycles. The normalized spacial score (nSPS) is 11.7. The number of urea groups is 1. The molecule has 5 nitrogen and oxygen atoms in total. The summed E-state index contributed by atoms with van der Waals surface area (Å²) in [5.41, 5.74) is -0.0537. The highest BCUT2D eigenvalue weighted by Gasteiger charge is 2.09. The Bertz CT molecular complexity index is 675. The molecule has 1 atom stereocenters. The Labute approximate surface area is 136 Å². The van der Waals surface area contributed by atoms with Crippen LogP contribution in [0.2, 0.25) is 0 Å². The molecule has 2 rings (SSSR count). The number of nitrogens with one attached hydrogen (secondary N) is 2. The van der Waals surface area contributed by atoms with Gasteiger partial charge in [-0.3, -0.25) is 0 Å². The van der Waals surface area contributed by atoms with Crippen molar-refractivity contribution in [1.82, 2.24) is 5.32 Å². The third kappa shape index (κ3) is 5.81. The number of aliphatic hydroxyl groups is 1. The number of halogens is 3. The van der Waals surface area contributed by atoms with Crippen molar-refractivity contribution in [3.8, 4) is 5.75 Å². The van der Waals surface area contributed by atoms with Crippen molar-refractivity contribution in [2.24, 2.45) is 0 Å². The molecule has 0 radical (unpaired) electrons. The lowest BCUT2D eigenvalue weighted by Crippen LogP contribution is -2.37. The van der Waals surface area contributed by atoms with Crippen LogP contribution < -0.4 is 15.4 Å². The zero-order valence-electron chi connectivity index (χ0n) is 12.4. The summed E-state index contributed by atoms with van der Waals surface area (Å²) in [4.78, 5) is 11.6. The Morgan fingerprint density at radius 3 is 2.29 bits per heavy atom. The molecule has 2 amide bonds. The molecule has 0 aliphatic heterocycles. The van der Waals surface area contributed by atoms with Crippen molar-refractivity contribution in [3.63, 3.8) is 0 Å². The molecule has 2 aromatic rings. The summed E-state index contributed by atoms with van der Waals surface area (Å²) in [5.74, 6) is -1.68. The molecule has 0 heterocycles. The molecule has 0 aliphatic carbocycles. The third-order valence-corrected chi connectivity index (χ3v) is 2.87. The quantitative estimate of drug-likeness (QED) is 0.757. The number of rotatable bonds is 6. The van der Waals surface area contributed by atoms with Crippen molar-refractivity contribution in [1.29, 1.82) is 0 Å². The molecule has 3 N–H and O–H groups in total. The fraction of sp³-hybridized carbons (Fsp3) is 0.188. The summed E-state index contributed by atoms with van der Waals surface area (Å²) in [6.07, 6.45) is -1.02. The van der Waals surface area contributed by atoms with E-state index in [1.807, 2.05) is 0 Å². The van der Waals surface area contributed by atoms with Gasteiger partial charge in [0.1, 0.15) is 35.9 Å². The lowest BCUT2D eigenvalue weighted by Gasteiger charge is -2.14. The molecule has 0 spiro atoms. The van der Waals surface area contributed by atoms with Crippen LogP contribution >= 0.6 is 0 Å². The SMILES string of the molecule is O=C(NCC(O)COc1ccc(F)cc1)Nc1cc(F)cc(F)c1. The summed E-state index contributed by atoms with van der Waals surface area (Å²) in [7, 11) is 0. The second-order valence-corrected chi connectivity index (χ2v) is 4.91. The minimum absolute atomic E-state index is 0.0537. The Morgan fingerprint density at radius 1 is 1.04 bits per heavy atom. The number of hydrogen-bond acceptors (Lipinski definition) is 3. The zero-order chi connectivity index (χ0) is 17.5. The second-order valence-electron chi connectivity index (χ2n) is 4.91. The van der Waals surface area contributed by atoms with E-state index in [0.717, 1.165) is 12.1 Å². The van der Waals surface area contributed by atoms with E-state index in [1.165, 1.54) is 24.3 Å². The van der Waals surface area contributed by atoms with E-state index in [-0.39, 0.29) is 18.8 Å². The van der Waals surface area contributed by atoms with Gasteiger partial charge in [0.2, 0.25) is 0 Å². The molecule has 0 aliphatic rings. The van der Waals surface area contributed by atoms with Crippen LogP contribution in [0.15, 0.2) is 42.5 Å². The number of carbonyl (C=O) groups is 1. The lowest BCUT2D eigenvalue weighted by atomic mass is 10.3. The highest BCUT2D eigenvalue weighted by Crippen LogP contribution is 2.13. The van der Waals surface area contributed by atoms with E-state index in [0.29, 0.717) is 11.8 Å². The molecule has 24 heavy (non-hydrogen) atoms. The van der Waals surface area contributed by atoms with E-state index in [2.05, 4.69) is 10.6 Å². The monoisotopic (exact) mass is 340 g/mol.